The van der Waals surface area contributed by atoms with Crippen molar-refractivity contribution in [2.24, 2.45) is 4.99 Å². The van der Waals surface area contributed by atoms with Crippen molar-refractivity contribution in [3.8, 4) is 0 Å². The summed E-state index contributed by atoms with van der Waals surface area (Å²) in [6, 6.07) is 9.76. The fourth-order valence-corrected chi connectivity index (χ4v) is 3.96. The Hall–Kier alpha value is -3.34. The monoisotopic (exact) mass is 561 g/mol. The van der Waals surface area contributed by atoms with Crippen molar-refractivity contribution >= 4 is 24.2 Å². The van der Waals surface area contributed by atoms with Gasteiger partial charge >= 0.3 is 18.3 Å². The number of nitrogens with one attached hydrogen (secondary N) is 3. The molecule has 1 fully saturated rings. The lowest BCUT2D eigenvalue weighted by Crippen LogP contribution is -2.47. The summed E-state index contributed by atoms with van der Waals surface area (Å²) in [5, 5.41) is 7.97. The first kappa shape index (κ1) is 32.9. The molecule has 0 bridgehead atoms. The minimum Gasteiger partial charge on any atom is -0.445 e. The van der Waals surface area contributed by atoms with Gasteiger partial charge < -0.3 is 24.4 Å². The van der Waals surface area contributed by atoms with Gasteiger partial charge in [0, 0.05) is 25.7 Å². The third-order valence-electron chi connectivity index (χ3n) is 5.76. The molecule has 3 N–H and O–H groups in total. The maximum Gasteiger partial charge on any atom is 0.414 e. The molecule has 1 aromatic rings. The average Bonchev–Trinajstić information content (AvgIpc) is 2.84. The summed E-state index contributed by atoms with van der Waals surface area (Å²) in [6.07, 6.45) is 2.74. The van der Waals surface area contributed by atoms with Gasteiger partial charge in [-0.1, -0.05) is 36.8 Å². The molecule has 3 amide bonds. The molecular formula is C29H47N5O6. The number of aliphatic imine (C=N–C) groups is 1. The molecule has 0 aliphatic carbocycles. The summed E-state index contributed by atoms with van der Waals surface area (Å²) in [6.45, 7) is 14.0. The highest BCUT2D eigenvalue weighted by Crippen LogP contribution is 2.13. The highest BCUT2D eigenvalue weighted by molar-refractivity contribution is 6.01. The molecule has 0 unspecified atom stereocenters. The Labute approximate surface area is 238 Å². The highest BCUT2D eigenvalue weighted by Gasteiger charge is 2.22. The average molecular weight is 562 g/mol. The maximum absolute atomic E-state index is 12.2. The fourth-order valence-electron chi connectivity index (χ4n) is 3.96. The summed E-state index contributed by atoms with van der Waals surface area (Å²) in [4.78, 5) is 43.2. The third-order valence-corrected chi connectivity index (χ3v) is 5.76. The number of benzene rings is 1. The molecule has 40 heavy (non-hydrogen) atoms. The fraction of sp³-hybridized carbons (Fsp3) is 0.655. The van der Waals surface area contributed by atoms with Crippen LogP contribution < -0.4 is 16.0 Å². The molecule has 1 aromatic carbocycles. The van der Waals surface area contributed by atoms with Crippen LogP contribution in [0.1, 0.15) is 79.2 Å². The van der Waals surface area contributed by atoms with E-state index in [1.54, 1.807) is 41.5 Å². The summed E-state index contributed by atoms with van der Waals surface area (Å²) < 4.78 is 15.9. The lowest BCUT2D eigenvalue weighted by atomic mass is 10.0. The van der Waals surface area contributed by atoms with Crippen LogP contribution in [0.3, 0.4) is 0 Å². The van der Waals surface area contributed by atoms with Crippen molar-refractivity contribution in [3.63, 3.8) is 0 Å². The number of piperidine rings is 1. The highest BCUT2D eigenvalue weighted by atomic mass is 16.6. The van der Waals surface area contributed by atoms with Crippen LogP contribution in [0.5, 0.6) is 0 Å². The van der Waals surface area contributed by atoms with Gasteiger partial charge in [-0.25, -0.2) is 14.4 Å². The van der Waals surface area contributed by atoms with Crippen molar-refractivity contribution in [2.75, 3.05) is 26.2 Å². The molecule has 224 valence electrons. The van der Waals surface area contributed by atoms with Crippen LogP contribution in [0.4, 0.5) is 14.4 Å². The second kappa shape index (κ2) is 16.1. The van der Waals surface area contributed by atoms with Gasteiger partial charge in [0.1, 0.15) is 17.8 Å². The second-order valence-corrected chi connectivity index (χ2v) is 11.9. The molecule has 2 rings (SSSR count). The predicted molar refractivity (Wildman–Crippen MR) is 154 cm³/mol. The number of unbranched alkanes of at least 4 members (excludes halogenated alkanes) is 2. The van der Waals surface area contributed by atoms with Gasteiger partial charge in [0.05, 0.1) is 0 Å². The van der Waals surface area contributed by atoms with Crippen molar-refractivity contribution in [1.82, 2.24) is 20.9 Å². The van der Waals surface area contributed by atoms with Gasteiger partial charge in [-0.05, 0) is 79.3 Å². The van der Waals surface area contributed by atoms with E-state index < -0.39 is 23.4 Å². The minimum atomic E-state index is -0.704. The van der Waals surface area contributed by atoms with E-state index >= 15 is 0 Å². The number of guanidine groups is 1. The van der Waals surface area contributed by atoms with Crippen LogP contribution >= 0.6 is 0 Å². The number of rotatable bonds is 9. The number of nitrogens with zero attached hydrogens (tertiary/aromatic N) is 2. The Balaban J connectivity index is 1.66. The van der Waals surface area contributed by atoms with Crippen LogP contribution in [-0.2, 0) is 20.8 Å². The van der Waals surface area contributed by atoms with E-state index in [1.165, 1.54) is 0 Å². The summed E-state index contributed by atoms with van der Waals surface area (Å²) >= 11 is 0. The van der Waals surface area contributed by atoms with E-state index in [2.05, 4.69) is 25.8 Å². The van der Waals surface area contributed by atoms with Gasteiger partial charge in [-0.2, -0.15) is 0 Å². The predicted octanol–water partition coefficient (Wildman–Crippen LogP) is 4.95. The molecule has 0 spiro atoms. The van der Waals surface area contributed by atoms with Crippen LogP contribution in [0.15, 0.2) is 35.3 Å². The second-order valence-electron chi connectivity index (χ2n) is 11.9. The molecule has 0 saturated carbocycles. The van der Waals surface area contributed by atoms with E-state index in [0.29, 0.717) is 6.54 Å². The first-order chi connectivity index (χ1) is 18.8. The smallest absolute Gasteiger partial charge is 0.414 e. The van der Waals surface area contributed by atoms with E-state index in [4.69, 9.17) is 14.2 Å². The van der Waals surface area contributed by atoms with E-state index in [0.717, 1.165) is 57.3 Å². The summed E-state index contributed by atoms with van der Waals surface area (Å²) in [5.74, 6) is 0.000340. The van der Waals surface area contributed by atoms with Crippen molar-refractivity contribution < 1.29 is 28.6 Å². The topological polar surface area (TPSA) is 131 Å². The number of amides is 3. The number of ether oxygens (including phenoxy) is 3. The van der Waals surface area contributed by atoms with Crippen LogP contribution in [0, 0.1) is 0 Å². The maximum atomic E-state index is 12.2. The third kappa shape index (κ3) is 15.3. The normalized spacial score (nSPS) is 14.6. The number of hydrogen-bond donors (Lipinski definition) is 3. The molecule has 0 aromatic heterocycles. The number of hydrogen-bond acceptors (Lipinski definition) is 8. The number of carbonyl (C=O) groups is 3. The molecule has 0 radical (unpaired) electrons. The Morgan fingerprint density at radius 2 is 1.43 bits per heavy atom. The quantitative estimate of drug-likeness (QED) is 0.168. The zero-order valence-electron chi connectivity index (χ0n) is 24.9. The van der Waals surface area contributed by atoms with Gasteiger partial charge in [0.25, 0.3) is 0 Å². The van der Waals surface area contributed by atoms with Gasteiger partial charge in [0.2, 0.25) is 5.96 Å². The Morgan fingerprint density at radius 3 is 1.98 bits per heavy atom. The minimum absolute atomic E-state index is 0.000340. The van der Waals surface area contributed by atoms with Gasteiger partial charge in [0.15, 0.2) is 0 Å². The van der Waals surface area contributed by atoms with Crippen LogP contribution in [0.25, 0.3) is 0 Å². The molecule has 11 heteroatoms. The molecule has 0 atom stereocenters. The lowest BCUT2D eigenvalue weighted by molar-refractivity contribution is 0.0544. The first-order valence-electron chi connectivity index (χ1n) is 14.0. The molecule has 1 aliphatic heterocycles. The Bertz CT molecular complexity index is 931. The van der Waals surface area contributed by atoms with Crippen LogP contribution in [0.2, 0.25) is 0 Å². The van der Waals surface area contributed by atoms with Crippen LogP contribution in [-0.4, -0.2) is 72.6 Å². The SMILES string of the molecule is CC(C)(C)OC(=O)NC(=NCCCCCN1CCC(NC(=O)OCc2ccccc2)CC1)NC(=O)OC(C)(C)C. The van der Waals surface area contributed by atoms with Crippen molar-refractivity contribution in [2.45, 2.75) is 97.5 Å². The first-order valence-corrected chi connectivity index (χ1v) is 14.0. The number of carbonyl (C=O) groups excluding carboxylic acids is 3. The number of likely N-dealkylation sites (tertiary alicyclic amines) is 1. The standard InChI is InChI=1S/C29H47N5O6/c1-28(2,3)39-26(36)32-24(33-27(37)40-29(4,5)6)30-17-11-8-12-18-34-19-15-23(16-20-34)31-25(35)38-21-22-13-9-7-10-14-22/h7,9-10,13-14,23H,8,11-12,15-21H2,1-6H3,(H,31,35)(H2,30,32,33,36,37). The van der Waals surface area contributed by atoms with E-state index in [1.807, 2.05) is 30.3 Å². The zero-order chi connectivity index (χ0) is 29.6. The molecule has 1 saturated heterocycles. The van der Waals surface area contributed by atoms with Crippen molar-refractivity contribution in [1.29, 1.82) is 0 Å². The zero-order valence-corrected chi connectivity index (χ0v) is 24.9. The van der Waals surface area contributed by atoms with Crippen molar-refractivity contribution in [3.05, 3.63) is 35.9 Å². The largest absolute Gasteiger partial charge is 0.445 e. The van der Waals surface area contributed by atoms with Gasteiger partial charge in [-0.15, -0.1) is 0 Å². The molecule has 1 heterocycles. The number of alkyl carbamates (subject to hydrolysis) is 3. The lowest BCUT2D eigenvalue weighted by Gasteiger charge is -2.32. The molecular weight excluding hydrogens is 514 g/mol. The van der Waals surface area contributed by atoms with E-state index in [9.17, 15) is 14.4 Å². The van der Waals surface area contributed by atoms with Gasteiger partial charge in [-0.3, -0.25) is 15.6 Å². The molecule has 1 aliphatic rings. The summed E-state index contributed by atoms with van der Waals surface area (Å²) in [5.41, 5.74) is -0.401. The Kier molecular flexibility index (Phi) is 13.2. The Morgan fingerprint density at radius 1 is 0.850 bits per heavy atom. The summed E-state index contributed by atoms with van der Waals surface area (Å²) in [7, 11) is 0. The molecule has 11 nitrogen and oxygen atoms in total. The van der Waals surface area contributed by atoms with E-state index in [-0.39, 0.29) is 24.7 Å².